The fraction of sp³-hybridized carbons (Fsp3) is 0.714. The zero-order valence-corrected chi connectivity index (χ0v) is 10.6. The van der Waals surface area contributed by atoms with Crippen LogP contribution in [0, 0.1) is 0 Å². The van der Waals surface area contributed by atoms with Crippen molar-refractivity contribution in [2.75, 3.05) is 0 Å². The van der Waals surface area contributed by atoms with Crippen molar-refractivity contribution in [3.63, 3.8) is 0 Å². The van der Waals surface area contributed by atoms with Crippen LogP contribution in [0.5, 0.6) is 0 Å². The lowest BCUT2D eigenvalue weighted by Gasteiger charge is -2.03. The Bertz CT molecular complexity index is 265. The van der Waals surface area contributed by atoms with Gasteiger partial charge in [0.2, 0.25) is 0 Å². The van der Waals surface area contributed by atoms with E-state index >= 15 is 0 Å². The van der Waals surface area contributed by atoms with Gasteiger partial charge in [-0.05, 0) is 18.1 Å². The molecule has 2 N–H and O–H groups in total. The number of nitrogens with two attached hydrogens (primary N) is 1. The minimum absolute atomic E-state index is 0.657. The van der Waals surface area contributed by atoms with E-state index in [1.807, 2.05) is 0 Å². The molecule has 1 rings (SSSR count). The molecule has 1 aromatic heterocycles. The van der Waals surface area contributed by atoms with E-state index in [2.05, 4.69) is 30.0 Å². The number of hydrogen-bond acceptors (Lipinski definition) is 1. The van der Waals surface area contributed by atoms with Gasteiger partial charge in [0.15, 0.2) is 0 Å². The van der Waals surface area contributed by atoms with Crippen LogP contribution in [0.25, 0.3) is 0 Å². The molecular weight excluding hydrogens is 196 g/mol. The molecule has 0 saturated heterocycles. The van der Waals surface area contributed by atoms with Crippen molar-refractivity contribution in [3.8, 4) is 0 Å². The molecule has 2 nitrogen and oxygen atoms in total. The summed E-state index contributed by atoms with van der Waals surface area (Å²) in [5.74, 6) is 0. The molecule has 0 bridgehead atoms. The van der Waals surface area contributed by atoms with Crippen molar-refractivity contribution in [2.24, 2.45) is 5.73 Å². The Labute approximate surface area is 99.8 Å². The van der Waals surface area contributed by atoms with Gasteiger partial charge in [0.05, 0.1) is 0 Å². The Kier molecular flexibility index (Phi) is 6.98. The molecule has 0 amide bonds. The molecule has 2 heteroatoms. The smallest absolute Gasteiger partial charge is 0.0219 e. The Morgan fingerprint density at radius 3 is 2.38 bits per heavy atom. The number of nitrogens with zero attached hydrogens (tertiary/aromatic N) is 1. The van der Waals surface area contributed by atoms with Crippen LogP contribution < -0.4 is 5.73 Å². The van der Waals surface area contributed by atoms with Gasteiger partial charge < -0.3 is 10.3 Å². The van der Waals surface area contributed by atoms with E-state index in [9.17, 15) is 0 Å². The Balaban J connectivity index is 1.98. The van der Waals surface area contributed by atoms with Crippen molar-refractivity contribution < 1.29 is 0 Å². The third kappa shape index (κ3) is 5.36. The highest BCUT2D eigenvalue weighted by Gasteiger charge is 1.95. The summed E-state index contributed by atoms with van der Waals surface area (Å²) in [6, 6.07) is 2.11. The van der Waals surface area contributed by atoms with Gasteiger partial charge in [-0.25, -0.2) is 0 Å². The molecule has 16 heavy (non-hydrogen) atoms. The van der Waals surface area contributed by atoms with E-state index in [1.54, 1.807) is 0 Å². The second kappa shape index (κ2) is 8.40. The summed E-state index contributed by atoms with van der Waals surface area (Å²) in [5.41, 5.74) is 6.81. The molecule has 0 atom stereocenters. The van der Waals surface area contributed by atoms with Crippen LogP contribution in [0.2, 0.25) is 0 Å². The summed E-state index contributed by atoms with van der Waals surface area (Å²) < 4.78 is 2.26. The number of rotatable bonds is 9. The van der Waals surface area contributed by atoms with Crippen LogP contribution in [0.15, 0.2) is 18.5 Å². The first-order chi connectivity index (χ1) is 7.86. The van der Waals surface area contributed by atoms with Gasteiger partial charge in [0.1, 0.15) is 0 Å². The van der Waals surface area contributed by atoms with Crippen LogP contribution >= 0.6 is 0 Å². The lowest BCUT2D eigenvalue weighted by molar-refractivity contribution is 0.550. The lowest BCUT2D eigenvalue weighted by atomic mass is 10.1. The topological polar surface area (TPSA) is 30.9 Å². The van der Waals surface area contributed by atoms with Crippen LogP contribution in [0.4, 0.5) is 0 Å². The summed E-state index contributed by atoms with van der Waals surface area (Å²) in [7, 11) is 0. The zero-order valence-electron chi connectivity index (χ0n) is 10.6. The van der Waals surface area contributed by atoms with E-state index in [1.165, 1.54) is 50.5 Å². The summed E-state index contributed by atoms with van der Waals surface area (Å²) in [4.78, 5) is 0. The van der Waals surface area contributed by atoms with Crippen LogP contribution in [0.1, 0.15) is 57.4 Å². The standard InChI is InChI=1S/C14H26N2/c1-2-3-4-5-6-7-8-10-16-11-9-14(12-15)13-16/h9,11,13H,2-8,10,12,15H2,1H3. The van der Waals surface area contributed by atoms with Gasteiger partial charge in [-0.3, -0.25) is 0 Å². The molecule has 92 valence electrons. The normalized spacial score (nSPS) is 10.9. The first-order valence-corrected chi connectivity index (χ1v) is 6.71. The molecule has 0 spiro atoms. The molecule has 0 radical (unpaired) electrons. The number of hydrogen-bond donors (Lipinski definition) is 1. The highest BCUT2D eigenvalue weighted by Crippen LogP contribution is 2.08. The summed E-state index contributed by atoms with van der Waals surface area (Å²) in [6.07, 6.45) is 13.9. The largest absolute Gasteiger partial charge is 0.354 e. The molecular formula is C14H26N2. The summed E-state index contributed by atoms with van der Waals surface area (Å²) >= 11 is 0. The lowest BCUT2D eigenvalue weighted by Crippen LogP contribution is -1.96. The third-order valence-corrected chi connectivity index (χ3v) is 3.07. The molecule has 0 aromatic carbocycles. The maximum atomic E-state index is 5.57. The minimum Gasteiger partial charge on any atom is -0.354 e. The maximum Gasteiger partial charge on any atom is 0.0219 e. The quantitative estimate of drug-likeness (QED) is 0.635. The second-order valence-electron chi connectivity index (χ2n) is 4.58. The van der Waals surface area contributed by atoms with Crippen LogP contribution in [-0.2, 0) is 13.1 Å². The Morgan fingerprint density at radius 1 is 1.06 bits per heavy atom. The summed E-state index contributed by atoms with van der Waals surface area (Å²) in [5, 5.41) is 0. The molecule has 0 saturated carbocycles. The van der Waals surface area contributed by atoms with E-state index in [-0.39, 0.29) is 0 Å². The number of aryl methyl sites for hydroxylation is 1. The molecule has 0 aliphatic heterocycles. The van der Waals surface area contributed by atoms with Crippen molar-refractivity contribution >= 4 is 0 Å². The fourth-order valence-corrected chi connectivity index (χ4v) is 2.00. The molecule has 1 aromatic rings. The predicted molar refractivity (Wildman–Crippen MR) is 70.3 cm³/mol. The first-order valence-electron chi connectivity index (χ1n) is 6.71. The minimum atomic E-state index is 0.657. The number of aromatic nitrogens is 1. The van der Waals surface area contributed by atoms with Crippen LogP contribution in [0.3, 0.4) is 0 Å². The van der Waals surface area contributed by atoms with Gasteiger partial charge >= 0.3 is 0 Å². The van der Waals surface area contributed by atoms with E-state index in [0.29, 0.717) is 6.54 Å². The van der Waals surface area contributed by atoms with Crippen molar-refractivity contribution in [1.82, 2.24) is 4.57 Å². The fourth-order valence-electron chi connectivity index (χ4n) is 2.00. The van der Waals surface area contributed by atoms with Crippen molar-refractivity contribution in [1.29, 1.82) is 0 Å². The molecule has 0 unspecified atom stereocenters. The van der Waals surface area contributed by atoms with E-state index in [4.69, 9.17) is 5.73 Å². The van der Waals surface area contributed by atoms with E-state index < -0.39 is 0 Å². The molecule has 0 aliphatic rings. The van der Waals surface area contributed by atoms with Gasteiger partial charge in [-0.2, -0.15) is 0 Å². The van der Waals surface area contributed by atoms with Crippen molar-refractivity contribution in [3.05, 3.63) is 24.0 Å². The van der Waals surface area contributed by atoms with Gasteiger partial charge in [0, 0.05) is 25.5 Å². The molecule has 0 fully saturated rings. The summed E-state index contributed by atoms with van der Waals surface area (Å²) in [6.45, 7) is 4.07. The van der Waals surface area contributed by atoms with Crippen LogP contribution in [-0.4, -0.2) is 4.57 Å². The SMILES string of the molecule is CCCCCCCCCn1ccc(CN)c1. The Morgan fingerprint density at radius 2 is 1.75 bits per heavy atom. The van der Waals surface area contributed by atoms with Gasteiger partial charge in [-0.15, -0.1) is 0 Å². The predicted octanol–water partition coefficient (Wildman–Crippen LogP) is 3.70. The number of unbranched alkanes of at least 4 members (excludes halogenated alkanes) is 6. The molecule has 1 heterocycles. The third-order valence-electron chi connectivity index (χ3n) is 3.07. The Hall–Kier alpha value is -0.760. The van der Waals surface area contributed by atoms with E-state index in [0.717, 1.165) is 6.54 Å². The highest BCUT2D eigenvalue weighted by molar-refractivity contribution is 5.09. The van der Waals surface area contributed by atoms with Gasteiger partial charge in [-0.1, -0.05) is 45.4 Å². The monoisotopic (exact) mass is 222 g/mol. The molecule has 0 aliphatic carbocycles. The maximum absolute atomic E-state index is 5.57. The highest BCUT2D eigenvalue weighted by atomic mass is 14.9. The zero-order chi connectivity index (χ0) is 11.6. The van der Waals surface area contributed by atoms with Gasteiger partial charge in [0.25, 0.3) is 0 Å². The first kappa shape index (κ1) is 13.3. The second-order valence-corrected chi connectivity index (χ2v) is 4.58. The van der Waals surface area contributed by atoms with Crippen molar-refractivity contribution in [2.45, 2.75) is 65.0 Å². The average Bonchev–Trinajstić information content (AvgIpc) is 2.76. The average molecular weight is 222 g/mol.